The molecular weight excluding hydrogens is 313 g/mol. The zero-order chi connectivity index (χ0) is 17.2. The van der Waals surface area contributed by atoms with Gasteiger partial charge in [-0.3, -0.25) is 4.79 Å². The number of alkyl halides is 3. The lowest BCUT2D eigenvalue weighted by atomic mass is 10.1. The van der Waals surface area contributed by atoms with Gasteiger partial charge in [-0.1, -0.05) is 18.2 Å². The summed E-state index contributed by atoms with van der Waals surface area (Å²) < 4.78 is 37.0. The molecule has 0 spiro atoms. The van der Waals surface area contributed by atoms with Crippen LogP contribution in [0.2, 0.25) is 0 Å². The van der Waals surface area contributed by atoms with E-state index in [0.717, 1.165) is 10.9 Å². The van der Waals surface area contributed by atoms with Crippen LogP contribution >= 0.6 is 0 Å². The highest BCUT2D eigenvalue weighted by Gasteiger charge is 2.36. The zero-order valence-electron chi connectivity index (χ0n) is 12.2. The Hall–Kier alpha value is -2.51. The number of carbonyl (C=O) groups excluding carboxylic acids is 1. The molecule has 1 aromatic carbocycles. The Balaban J connectivity index is 2.14. The first-order chi connectivity index (χ1) is 10.7. The summed E-state index contributed by atoms with van der Waals surface area (Å²) in [7, 11) is 0. The van der Waals surface area contributed by atoms with Gasteiger partial charge in [0.1, 0.15) is 6.04 Å². The molecule has 0 aliphatic heterocycles. The second kappa shape index (κ2) is 6.31. The number of carbonyl (C=O) groups is 2. The van der Waals surface area contributed by atoms with Crippen molar-refractivity contribution in [3.63, 3.8) is 0 Å². The summed E-state index contributed by atoms with van der Waals surface area (Å²) in [5.74, 6) is -2.49. The first-order valence-corrected chi connectivity index (χ1v) is 6.82. The lowest BCUT2D eigenvalue weighted by Gasteiger charge is -2.16. The fourth-order valence-electron chi connectivity index (χ4n) is 2.40. The van der Waals surface area contributed by atoms with E-state index < -0.39 is 30.5 Å². The third kappa shape index (κ3) is 4.24. The quantitative estimate of drug-likeness (QED) is 0.789. The minimum atomic E-state index is -4.67. The summed E-state index contributed by atoms with van der Waals surface area (Å²) in [5.41, 5.74) is 2.15. The summed E-state index contributed by atoms with van der Waals surface area (Å²) in [6, 6.07) is 5.19. The summed E-state index contributed by atoms with van der Waals surface area (Å²) in [6.45, 7) is 1.74. The van der Waals surface area contributed by atoms with Crippen LogP contribution < -0.4 is 5.32 Å². The molecule has 0 aliphatic carbocycles. The molecule has 1 atom stereocenters. The predicted octanol–water partition coefficient (Wildman–Crippen LogP) is 2.54. The SMILES string of the molecule is Cc1[nH]c2ccccc2c1CC(=O)NC(CC(F)(F)F)C(=O)O. The Labute approximate surface area is 129 Å². The maximum absolute atomic E-state index is 12.3. The number of benzene rings is 1. The first kappa shape index (κ1) is 16.9. The van der Waals surface area contributed by atoms with Crippen LogP contribution in [0.3, 0.4) is 0 Å². The highest BCUT2D eigenvalue weighted by Crippen LogP contribution is 2.23. The van der Waals surface area contributed by atoms with E-state index in [1.54, 1.807) is 19.1 Å². The molecule has 0 fully saturated rings. The zero-order valence-corrected chi connectivity index (χ0v) is 12.2. The number of hydrogen-bond acceptors (Lipinski definition) is 2. The summed E-state index contributed by atoms with van der Waals surface area (Å²) in [5, 5.41) is 11.5. The van der Waals surface area contributed by atoms with Crippen molar-refractivity contribution in [2.24, 2.45) is 0 Å². The van der Waals surface area contributed by atoms with E-state index in [0.29, 0.717) is 11.3 Å². The molecule has 5 nitrogen and oxygen atoms in total. The van der Waals surface area contributed by atoms with Gasteiger partial charge in [-0.25, -0.2) is 4.79 Å². The number of aryl methyl sites for hydroxylation is 1. The highest BCUT2D eigenvalue weighted by molar-refractivity contribution is 5.91. The second-order valence-electron chi connectivity index (χ2n) is 5.23. The van der Waals surface area contributed by atoms with E-state index in [1.165, 1.54) is 0 Å². The van der Waals surface area contributed by atoms with E-state index in [2.05, 4.69) is 4.98 Å². The molecular formula is C15H15F3N2O3. The van der Waals surface area contributed by atoms with Crippen LogP contribution in [0.25, 0.3) is 10.9 Å². The topological polar surface area (TPSA) is 82.2 Å². The summed E-state index contributed by atoms with van der Waals surface area (Å²) in [6.07, 6.45) is -6.48. The molecule has 0 bridgehead atoms. The van der Waals surface area contributed by atoms with Gasteiger partial charge in [-0.05, 0) is 18.6 Å². The normalized spacial score (nSPS) is 13.0. The van der Waals surface area contributed by atoms with Crippen LogP contribution in [0.1, 0.15) is 17.7 Å². The number of amides is 1. The number of halogens is 3. The van der Waals surface area contributed by atoms with Crippen LogP contribution in [0.4, 0.5) is 13.2 Å². The van der Waals surface area contributed by atoms with E-state index in [1.807, 2.05) is 17.4 Å². The lowest BCUT2D eigenvalue weighted by molar-refractivity contribution is -0.159. The molecule has 8 heteroatoms. The van der Waals surface area contributed by atoms with E-state index in [4.69, 9.17) is 5.11 Å². The van der Waals surface area contributed by atoms with Gasteiger partial charge in [0.2, 0.25) is 5.91 Å². The molecule has 2 rings (SSSR count). The van der Waals surface area contributed by atoms with Gasteiger partial charge in [0.25, 0.3) is 0 Å². The molecule has 1 aromatic heterocycles. The van der Waals surface area contributed by atoms with E-state index >= 15 is 0 Å². The van der Waals surface area contributed by atoms with Gasteiger partial charge in [0.05, 0.1) is 12.8 Å². The van der Waals surface area contributed by atoms with Crippen molar-refractivity contribution < 1.29 is 27.9 Å². The number of fused-ring (bicyclic) bond motifs is 1. The standard InChI is InChI=1S/C15H15F3N2O3/c1-8-10(9-4-2-3-5-11(9)19-8)6-13(21)20-12(14(22)23)7-15(16,17)18/h2-5,12,19H,6-7H2,1H3,(H,20,21)(H,22,23). The van der Waals surface area contributed by atoms with Crippen molar-refractivity contribution in [3.8, 4) is 0 Å². The Bertz CT molecular complexity index is 737. The van der Waals surface area contributed by atoms with Crippen LogP contribution in [-0.2, 0) is 16.0 Å². The molecule has 0 radical (unpaired) electrons. The van der Waals surface area contributed by atoms with Crippen LogP contribution in [0, 0.1) is 6.92 Å². The van der Waals surface area contributed by atoms with Crippen molar-refractivity contribution in [2.75, 3.05) is 0 Å². The number of carboxylic acids is 1. The van der Waals surface area contributed by atoms with Crippen LogP contribution in [-0.4, -0.2) is 34.2 Å². The minimum Gasteiger partial charge on any atom is -0.480 e. The fourth-order valence-corrected chi connectivity index (χ4v) is 2.40. The number of aliphatic carboxylic acids is 1. The molecule has 124 valence electrons. The van der Waals surface area contributed by atoms with Crippen molar-refractivity contribution in [1.29, 1.82) is 0 Å². The van der Waals surface area contributed by atoms with Gasteiger partial charge in [0.15, 0.2) is 0 Å². The van der Waals surface area contributed by atoms with Gasteiger partial charge in [-0.2, -0.15) is 13.2 Å². The third-order valence-corrected chi connectivity index (χ3v) is 3.43. The summed E-state index contributed by atoms with van der Waals surface area (Å²) >= 11 is 0. The molecule has 3 N–H and O–H groups in total. The molecule has 0 aliphatic rings. The molecule has 1 heterocycles. The number of hydrogen-bond donors (Lipinski definition) is 3. The molecule has 1 amide bonds. The van der Waals surface area contributed by atoms with E-state index in [-0.39, 0.29) is 6.42 Å². The largest absolute Gasteiger partial charge is 0.480 e. The van der Waals surface area contributed by atoms with Gasteiger partial charge < -0.3 is 15.4 Å². The van der Waals surface area contributed by atoms with Crippen molar-refractivity contribution >= 4 is 22.8 Å². The number of carboxylic acid groups (broad SMARTS) is 1. The second-order valence-corrected chi connectivity index (χ2v) is 5.23. The monoisotopic (exact) mass is 328 g/mol. The fraction of sp³-hybridized carbons (Fsp3) is 0.333. The molecule has 1 unspecified atom stereocenters. The van der Waals surface area contributed by atoms with Gasteiger partial charge >= 0.3 is 12.1 Å². The van der Waals surface area contributed by atoms with Crippen LogP contribution in [0.5, 0.6) is 0 Å². The van der Waals surface area contributed by atoms with Gasteiger partial charge in [0, 0.05) is 16.6 Å². The highest BCUT2D eigenvalue weighted by atomic mass is 19.4. The maximum atomic E-state index is 12.3. The lowest BCUT2D eigenvalue weighted by Crippen LogP contribution is -2.44. The van der Waals surface area contributed by atoms with Gasteiger partial charge in [-0.15, -0.1) is 0 Å². The predicted molar refractivity (Wildman–Crippen MR) is 77.0 cm³/mol. The smallest absolute Gasteiger partial charge is 0.391 e. The third-order valence-electron chi connectivity index (χ3n) is 3.43. The number of para-hydroxylation sites is 1. The Morgan fingerprint density at radius 2 is 1.96 bits per heavy atom. The Morgan fingerprint density at radius 3 is 2.57 bits per heavy atom. The number of nitrogens with one attached hydrogen (secondary N) is 2. The Kier molecular flexibility index (Phi) is 4.63. The van der Waals surface area contributed by atoms with Crippen molar-refractivity contribution in [2.45, 2.75) is 32.0 Å². The van der Waals surface area contributed by atoms with Crippen molar-refractivity contribution in [3.05, 3.63) is 35.5 Å². The first-order valence-electron chi connectivity index (χ1n) is 6.82. The number of rotatable bonds is 5. The minimum absolute atomic E-state index is 0.197. The van der Waals surface area contributed by atoms with Crippen molar-refractivity contribution in [1.82, 2.24) is 10.3 Å². The average Bonchev–Trinajstić information content (AvgIpc) is 2.73. The molecule has 0 saturated heterocycles. The number of H-pyrrole nitrogens is 1. The molecule has 2 aromatic rings. The molecule has 0 saturated carbocycles. The molecule has 23 heavy (non-hydrogen) atoms. The number of aromatic nitrogens is 1. The summed E-state index contributed by atoms with van der Waals surface area (Å²) in [4.78, 5) is 25.9. The van der Waals surface area contributed by atoms with E-state index in [9.17, 15) is 22.8 Å². The number of aromatic amines is 1. The average molecular weight is 328 g/mol. The maximum Gasteiger partial charge on any atom is 0.391 e. The Morgan fingerprint density at radius 1 is 1.30 bits per heavy atom. The van der Waals surface area contributed by atoms with Crippen LogP contribution in [0.15, 0.2) is 24.3 Å².